The first-order chi connectivity index (χ1) is 10.1. The highest BCUT2D eigenvalue weighted by Gasteiger charge is 2.43. The molecule has 3 N–H and O–H groups in total. The Hall–Kier alpha value is -0.200. The molecule has 2 saturated heterocycles. The van der Waals surface area contributed by atoms with Gasteiger partial charge in [0.25, 0.3) is 0 Å². The molecule has 1 spiro atoms. The van der Waals surface area contributed by atoms with Crippen LogP contribution in [0, 0.1) is 11.8 Å². The molecule has 21 heavy (non-hydrogen) atoms. The van der Waals surface area contributed by atoms with Gasteiger partial charge in [-0.3, -0.25) is 11.3 Å². The molecule has 0 aromatic rings. The summed E-state index contributed by atoms with van der Waals surface area (Å²) in [6.45, 7) is 9.62. The third-order valence-corrected chi connectivity index (χ3v) is 5.01. The summed E-state index contributed by atoms with van der Waals surface area (Å²) in [6.07, 6.45) is 4.26. The average Bonchev–Trinajstić information content (AvgIpc) is 2.48. The molecule has 0 radical (unpaired) electrons. The summed E-state index contributed by atoms with van der Waals surface area (Å²) >= 11 is 0. The van der Waals surface area contributed by atoms with E-state index in [0.29, 0.717) is 11.8 Å². The van der Waals surface area contributed by atoms with Gasteiger partial charge in [0.2, 0.25) is 0 Å². The van der Waals surface area contributed by atoms with Crippen molar-refractivity contribution in [2.24, 2.45) is 17.7 Å². The smallest absolute Gasteiger partial charge is 0.0766 e. The van der Waals surface area contributed by atoms with Crippen LogP contribution in [0.5, 0.6) is 0 Å². The normalized spacial score (nSPS) is 28.7. The first kappa shape index (κ1) is 17.2. The van der Waals surface area contributed by atoms with Crippen LogP contribution in [0.3, 0.4) is 0 Å². The monoisotopic (exact) mass is 300 g/mol. The molecule has 2 fully saturated rings. The van der Waals surface area contributed by atoms with Gasteiger partial charge in [-0.15, -0.1) is 0 Å². The highest BCUT2D eigenvalue weighted by molar-refractivity contribution is 4.95. The zero-order chi connectivity index (χ0) is 15.3. The number of nitrogens with two attached hydrogens (primary N) is 1. The van der Waals surface area contributed by atoms with Crippen molar-refractivity contribution < 1.29 is 14.2 Å². The van der Waals surface area contributed by atoms with Gasteiger partial charge in [0.15, 0.2) is 0 Å². The highest BCUT2D eigenvalue weighted by atomic mass is 16.5. The second-order valence-electron chi connectivity index (χ2n) is 6.75. The molecule has 0 bridgehead atoms. The molecule has 5 heteroatoms. The van der Waals surface area contributed by atoms with Crippen LogP contribution in [-0.4, -0.2) is 44.2 Å². The quantitative estimate of drug-likeness (QED) is 0.579. The van der Waals surface area contributed by atoms with Crippen molar-refractivity contribution in [1.82, 2.24) is 5.43 Å². The summed E-state index contributed by atoms with van der Waals surface area (Å²) in [6, 6.07) is 0.188. The van der Waals surface area contributed by atoms with Crippen LogP contribution in [-0.2, 0) is 14.2 Å². The summed E-state index contributed by atoms with van der Waals surface area (Å²) in [5.41, 5.74) is 3.05. The average molecular weight is 300 g/mol. The summed E-state index contributed by atoms with van der Waals surface area (Å²) in [5, 5.41) is 0. The van der Waals surface area contributed by atoms with Crippen LogP contribution in [0.2, 0.25) is 0 Å². The van der Waals surface area contributed by atoms with E-state index in [9.17, 15) is 0 Å². The Labute approximate surface area is 128 Å². The third-order valence-electron chi connectivity index (χ3n) is 5.01. The van der Waals surface area contributed by atoms with E-state index in [0.717, 1.165) is 52.1 Å². The lowest BCUT2D eigenvalue weighted by atomic mass is 9.75. The summed E-state index contributed by atoms with van der Waals surface area (Å²) in [5.74, 6) is 6.84. The standard InChI is InChI=1S/C16H32N2O3/c1-4-20-15(12(2)3)14(18-17)13-5-8-21-16(11-13)6-9-19-10-7-16/h12-15,18H,4-11,17H2,1-3H3. The fourth-order valence-corrected chi connectivity index (χ4v) is 3.87. The van der Waals surface area contributed by atoms with E-state index in [1.807, 2.05) is 6.92 Å². The van der Waals surface area contributed by atoms with E-state index >= 15 is 0 Å². The summed E-state index contributed by atoms with van der Waals surface area (Å²) in [7, 11) is 0. The molecule has 2 rings (SSSR count). The van der Waals surface area contributed by atoms with Crippen LogP contribution in [0.15, 0.2) is 0 Å². The fraction of sp³-hybridized carbons (Fsp3) is 1.00. The molecular weight excluding hydrogens is 268 g/mol. The molecule has 0 saturated carbocycles. The molecule has 3 unspecified atom stereocenters. The van der Waals surface area contributed by atoms with Gasteiger partial charge in [0.05, 0.1) is 17.7 Å². The minimum Gasteiger partial charge on any atom is -0.381 e. The zero-order valence-electron chi connectivity index (χ0n) is 13.8. The van der Waals surface area contributed by atoms with Gasteiger partial charge in [0, 0.05) is 26.4 Å². The maximum atomic E-state index is 6.14. The topological polar surface area (TPSA) is 65.7 Å². The van der Waals surface area contributed by atoms with Gasteiger partial charge < -0.3 is 14.2 Å². The van der Waals surface area contributed by atoms with Crippen LogP contribution in [0.4, 0.5) is 0 Å². The van der Waals surface area contributed by atoms with Crippen LogP contribution in [0.1, 0.15) is 46.5 Å². The Morgan fingerprint density at radius 1 is 1.29 bits per heavy atom. The molecular formula is C16H32N2O3. The lowest BCUT2D eigenvalue weighted by Crippen LogP contribution is -2.56. The van der Waals surface area contributed by atoms with Gasteiger partial charge in [-0.2, -0.15) is 0 Å². The van der Waals surface area contributed by atoms with Gasteiger partial charge in [0.1, 0.15) is 0 Å². The summed E-state index contributed by atoms with van der Waals surface area (Å²) < 4.78 is 17.6. The maximum Gasteiger partial charge on any atom is 0.0766 e. The number of hydrazine groups is 1. The minimum absolute atomic E-state index is 0.00398. The van der Waals surface area contributed by atoms with Gasteiger partial charge in [-0.05, 0) is 44.4 Å². The molecule has 0 aromatic carbocycles. The molecule has 0 aromatic heterocycles. The second-order valence-corrected chi connectivity index (χ2v) is 6.75. The Morgan fingerprint density at radius 2 is 2.00 bits per heavy atom. The number of ether oxygens (including phenoxy) is 3. The van der Waals surface area contributed by atoms with Crippen molar-refractivity contribution in [2.75, 3.05) is 26.4 Å². The van der Waals surface area contributed by atoms with Crippen molar-refractivity contribution in [1.29, 1.82) is 0 Å². The Morgan fingerprint density at radius 3 is 2.57 bits per heavy atom. The van der Waals surface area contributed by atoms with E-state index in [1.165, 1.54) is 0 Å². The largest absolute Gasteiger partial charge is 0.381 e. The van der Waals surface area contributed by atoms with Crippen LogP contribution >= 0.6 is 0 Å². The zero-order valence-corrected chi connectivity index (χ0v) is 13.8. The number of nitrogens with one attached hydrogen (secondary N) is 1. The van der Waals surface area contributed by atoms with E-state index in [1.54, 1.807) is 0 Å². The Bertz CT molecular complexity index is 300. The van der Waals surface area contributed by atoms with Gasteiger partial charge in [-0.1, -0.05) is 13.8 Å². The van der Waals surface area contributed by atoms with Gasteiger partial charge in [-0.25, -0.2) is 0 Å². The molecule has 5 nitrogen and oxygen atoms in total. The van der Waals surface area contributed by atoms with E-state index in [-0.39, 0.29) is 17.7 Å². The number of hydrogen-bond acceptors (Lipinski definition) is 5. The van der Waals surface area contributed by atoms with E-state index in [4.69, 9.17) is 20.1 Å². The number of hydrogen-bond donors (Lipinski definition) is 2. The Balaban J connectivity index is 2.05. The second kappa shape index (κ2) is 7.88. The van der Waals surface area contributed by atoms with Crippen molar-refractivity contribution in [3.05, 3.63) is 0 Å². The third kappa shape index (κ3) is 4.17. The molecule has 0 amide bonds. The molecule has 124 valence electrons. The van der Waals surface area contributed by atoms with E-state index < -0.39 is 0 Å². The van der Waals surface area contributed by atoms with Crippen LogP contribution < -0.4 is 11.3 Å². The molecule has 3 atom stereocenters. The van der Waals surface area contributed by atoms with Crippen molar-refractivity contribution in [3.63, 3.8) is 0 Å². The lowest BCUT2D eigenvalue weighted by molar-refractivity contribution is -0.156. The number of rotatable bonds is 6. The highest BCUT2D eigenvalue weighted by Crippen LogP contribution is 2.39. The maximum absolute atomic E-state index is 6.14. The van der Waals surface area contributed by atoms with Crippen molar-refractivity contribution in [2.45, 2.75) is 64.2 Å². The van der Waals surface area contributed by atoms with Crippen molar-refractivity contribution >= 4 is 0 Å². The fourth-order valence-electron chi connectivity index (χ4n) is 3.87. The molecule has 0 aliphatic carbocycles. The van der Waals surface area contributed by atoms with Gasteiger partial charge >= 0.3 is 0 Å². The minimum atomic E-state index is 0.00398. The van der Waals surface area contributed by atoms with Crippen LogP contribution in [0.25, 0.3) is 0 Å². The lowest BCUT2D eigenvalue weighted by Gasteiger charge is -2.46. The predicted octanol–water partition coefficient (Wildman–Crippen LogP) is 1.86. The SMILES string of the molecule is CCOC(C(C)C)C(NN)C1CCOC2(CCOCC2)C1. The van der Waals surface area contributed by atoms with E-state index in [2.05, 4.69) is 19.3 Å². The Kier molecular flexibility index (Phi) is 6.44. The predicted molar refractivity (Wildman–Crippen MR) is 82.8 cm³/mol. The summed E-state index contributed by atoms with van der Waals surface area (Å²) in [4.78, 5) is 0. The first-order valence-electron chi connectivity index (χ1n) is 8.41. The first-order valence-corrected chi connectivity index (χ1v) is 8.41. The molecule has 2 heterocycles. The van der Waals surface area contributed by atoms with Crippen molar-refractivity contribution in [3.8, 4) is 0 Å². The molecule has 2 aliphatic rings. The molecule has 2 aliphatic heterocycles.